The minimum Gasteiger partial charge on any atom is -0.362 e. The van der Waals surface area contributed by atoms with Gasteiger partial charge in [-0.15, -0.1) is 11.3 Å². The molecule has 0 aliphatic rings. The summed E-state index contributed by atoms with van der Waals surface area (Å²) in [4.78, 5) is 11.7. The van der Waals surface area contributed by atoms with Crippen LogP contribution in [0.5, 0.6) is 0 Å². The Morgan fingerprint density at radius 1 is 1.24 bits per heavy atom. The number of nitrogens with two attached hydrogens (primary N) is 1. The second kappa shape index (κ2) is 6.87. The van der Waals surface area contributed by atoms with Gasteiger partial charge in [0.2, 0.25) is 0 Å². The second-order valence-electron chi connectivity index (χ2n) is 5.17. The third-order valence-corrected chi connectivity index (χ3v) is 4.53. The fourth-order valence-corrected chi connectivity index (χ4v) is 3.02. The van der Waals surface area contributed by atoms with Crippen LogP contribution in [0.3, 0.4) is 0 Å². The molecule has 0 saturated heterocycles. The number of nitrogens with one attached hydrogen (secondary N) is 2. The van der Waals surface area contributed by atoms with Crippen molar-refractivity contribution < 1.29 is 0 Å². The first kappa shape index (κ1) is 15.7. The summed E-state index contributed by atoms with van der Waals surface area (Å²) < 4.78 is 0. The van der Waals surface area contributed by atoms with Crippen molar-refractivity contribution in [3.05, 3.63) is 33.3 Å². The van der Waals surface area contributed by atoms with E-state index in [1.165, 1.54) is 9.75 Å². The Labute approximate surface area is 130 Å². The monoisotopic (exact) mass is 305 g/mol. The maximum Gasteiger partial charge on any atom is 0.148 e. The molecule has 0 aliphatic heterocycles. The van der Waals surface area contributed by atoms with Crippen LogP contribution in [-0.2, 0) is 6.42 Å². The molecule has 0 aromatic carbocycles. The molecule has 2 aromatic heterocycles. The molecule has 1 unspecified atom stereocenters. The molecule has 0 spiro atoms. The molecule has 6 heteroatoms. The summed E-state index contributed by atoms with van der Waals surface area (Å²) in [6.45, 7) is 8.34. The first-order chi connectivity index (χ1) is 10.0. The zero-order valence-electron chi connectivity index (χ0n) is 13.0. The molecular formula is C15H23N5S. The molecule has 0 radical (unpaired) electrons. The molecule has 0 fully saturated rings. The standard InChI is InChI=1S/C15H23N5S/c1-5-6-13-18-14(10(3)15(19-13)20-16)17-11(4)12-8-7-9(2)21-12/h7-8,11H,5-6,16H2,1-4H3,(H2,17,18,19,20). The summed E-state index contributed by atoms with van der Waals surface area (Å²) in [7, 11) is 0. The molecular weight excluding hydrogens is 282 g/mol. The van der Waals surface area contributed by atoms with E-state index in [4.69, 9.17) is 5.84 Å². The summed E-state index contributed by atoms with van der Waals surface area (Å²) >= 11 is 1.80. The number of aromatic nitrogens is 2. The number of hydrazine groups is 1. The van der Waals surface area contributed by atoms with Crippen LogP contribution in [0.1, 0.15) is 47.5 Å². The van der Waals surface area contributed by atoms with Gasteiger partial charge in [-0.3, -0.25) is 0 Å². The van der Waals surface area contributed by atoms with Gasteiger partial charge in [0.15, 0.2) is 0 Å². The number of hydrogen-bond donors (Lipinski definition) is 3. The van der Waals surface area contributed by atoms with E-state index >= 15 is 0 Å². The van der Waals surface area contributed by atoms with E-state index in [2.05, 4.69) is 53.6 Å². The largest absolute Gasteiger partial charge is 0.362 e. The lowest BCUT2D eigenvalue weighted by molar-refractivity contribution is 0.818. The van der Waals surface area contributed by atoms with Crippen molar-refractivity contribution in [2.75, 3.05) is 10.7 Å². The number of thiophene rings is 1. The zero-order valence-corrected chi connectivity index (χ0v) is 13.8. The van der Waals surface area contributed by atoms with Crippen molar-refractivity contribution in [1.82, 2.24) is 9.97 Å². The topological polar surface area (TPSA) is 75.9 Å². The first-order valence-electron chi connectivity index (χ1n) is 7.22. The van der Waals surface area contributed by atoms with Gasteiger partial charge < -0.3 is 10.7 Å². The summed E-state index contributed by atoms with van der Waals surface area (Å²) in [6.07, 6.45) is 1.85. The van der Waals surface area contributed by atoms with Crippen molar-refractivity contribution in [1.29, 1.82) is 0 Å². The summed E-state index contributed by atoms with van der Waals surface area (Å²) in [5, 5.41) is 3.48. The molecule has 5 nitrogen and oxygen atoms in total. The van der Waals surface area contributed by atoms with Crippen molar-refractivity contribution in [2.45, 2.75) is 46.6 Å². The lowest BCUT2D eigenvalue weighted by Crippen LogP contribution is -2.16. The summed E-state index contributed by atoms with van der Waals surface area (Å²) in [5.41, 5.74) is 3.61. The van der Waals surface area contributed by atoms with Crippen LogP contribution in [0.2, 0.25) is 0 Å². The number of hydrogen-bond acceptors (Lipinski definition) is 6. The van der Waals surface area contributed by atoms with Crippen molar-refractivity contribution >= 4 is 23.0 Å². The van der Waals surface area contributed by atoms with Crippen molar-refractivity contribution in [3.8, 4) is 0 Å². The van der Waals surface area contributed by atoms with Gasteiger partial charge >= 0.3 is 0 Å². The number of aryl methyl sites for hydroxylation is 2. The van der Waals surface area contributed by atoms with Crippen LogP contribution in [0, 0.1) is 13.8 Å². The Hall–Kier alpha value is -1.66. The van der Waals surface area contributed by atoms with Crippen molar-refractivity contribution in [2.24, 2.45) is 5.84 Å². The van der Waals surface area contributed by atoms with Crippen LogP contribution >= 0.6 is 11.3 Å². The second-order valence-corrected chi connectivity index (χ2v) is 6.49. The van der Waals surface area contributed by atoms with E-state index in [1.807, 2.05) is 6.92 Å². The predicted molar refractivity (Wildman–Crippen MR) is 89.7 cm³/mol. The van der Waals surface area contributed by atoms with E-state index in [9.17, 15) is 0 Å². The van der Waals surface area contributed by atoms with Gasteiger partial charge in [0.05, 0.1) is 6.04 Å². The molecule has 0 saturated carbocycles. The van der Waals surface area contributed by atoms with E-state index in [-0.39, 0.29) is 6.04 Å². The van der Waals surface area contributed by atoms with Crippen molar-refractivity contribution in [3.63, 3.8) is 0 Å². The Morgan fingerprint density at radius 3 is 2.52 bits per heavy atom. The average Bonchev–Trinajstić information content (AvgIpc) is 2.89. The third kappa shape index (κ3) is 3.71. The SMILES string of the molecule is CCCc1nc(NN)c(C)c(NC(C)c2ccc(C)s2)n1. The first-order valence-corrected chi connectivity index (χ1v) is 8.03. The van der Waals surface area contributed by atoms with Gasteiger partial charge in [-0.25, -0.2) is 15.8 Å². The van der Waals surface area contributed by atoms with Crippen LogP contribution < -0.4 is 16.6 Å². The summed E-state index contributed by atoms with van der Waals surface area (Å²) in [6, 6.07) is 4.50. The predicted octanol–water partition coefficient (Wildman–Crippen LogP) is 3.57. The Balaban J connectivity index is 2.27. The molecule has 21 heavy (non-hydrogen) atoms. The summed E-state index contributed by atoms with van der Waals surface area (Å²) in [5.74, 6) is 7.91. The molecule has 0 aliphatic carbocycles. The maximum absolute atomic E-state index is 5.56. The Morgan fingerprint density at radius 2 is 1.95 bits per heavy atom. The van der Waals surface area contributed by atoms with Gasteiger partial charge in [-0.1, -0.05) is 6.92 Å². The van der Waals surface area contributed by atoms with E-state index in [0.717, 1.165) is 30.0 Å². The van der Waals surface area contributed by atoms with Crippen LogP contribution in [0.25, 0.3) is 0 Å². The van der Waals surface area contributed by atoms with Gasteiger partial charge in [0, 0.05) is 21.7 Å². The number of nitrogens with zero attached hydrogens (tertiary/aromatic N) is 2. The van der Waals surface area contributed by atoms with Gasteiger partial charge in [-0.2, -0.15) is 0 Å². The Bertz CT molecular complexity index is 608. The lowest BCUT2D eigenvalue weighted by Gasteiger charge is -2.17. The molecule has 0 amide bonds. The highest BCUT2D eigenvalue weighted by Crippen LogP contribution is 2.28. The zero-order chi connectivity index (χ0) is 15.4. The fraction of sp³-hybridized carbons (Fsp3) is 0.467. The van der Waals surface area contributed by atoms with E-state index in [0.29, 0.717) is 5.82 Å². The molecule has 2 aromatic rings. The number of nitrogen functional groups attached to an aromatic ring is 1. The highest BCUT2D eigenvalue weighted by molar-refractivity contribution is 7.12. The quantitative estimate of drug-likeness (QED) is 0.562. The number of anilines is 2. The minimum atomic E-state index is 0.206. The van der Waals surface area contributed by atoms with E-state index in [1.54, 1.807) is 11.3 Å². The highest BCUT2D eigenvalue weighted by atomic mass is 32.1. The van der Waals surface area contributed by atoms with Crippen LogP contribution in [-0.4, -0.2) is 9.97 Å². The van der Waals surface area contributed by atoms with Crippen LogP contribution in [0.15, 0.2) is 12.1 Å². The Kier molecular flexibility index (Phi) is 5.14. The maximum atomic E-state index is 5.56. The molecule has 2 rings (SSSR count). The van der Waals surface area contributed by atoms with E-state index < -0.39 is 0 Å². The van der Waals surface area contributed by atoms with Gasteiger partial charge in [0.25, 0.3) is 0 Å². The molecule has 2 heterocycles. The lowest BCUT2D eigenvalue weighted by atomic mass is 10.2. The molecule has 114 valence electrons. The average molecular weight is 305 g/mol. The van der Waals surface area contributed by atoms with Gasteiger partial charge in [0.1, 0.15) is 17.5 Å². The molecule has 0 bridgehead atoms. The third-order valence-electron chi connectivity index (χ3n) is 3.34. The van der Waals surface area contributed by atoms with Crippen LogP contribution in [0.4, 0.5) is 11.6 Å². The highest BCUT2D eigenvalue weighted by Gasteiger charge is 2.14. The minimum absolute atomic E-state index is 0.206. The smallest absolute Gasteiger partial charge is 0.148 e. The fourth-order valence-electron chi connectivity index (χ4n) is 2.14. The van der Waals surface area contributed by atoms with Gasteiger partial charge in [-0.05, 0) is 39.3 Å². The number of rotatable bonds is 6. The molecule has 1 atom stereocenters. The molecule has 4 N–H and O–H groups in total. The normalized spacial score (nSPS) is 12.2.